The summed E-state index contributed by atoms with van der Waals surface area (Å²) in [6, 6.07) is 10.1. The van der Waals surface area contributed by atoms with Crippen molar-refractivity contribution < 1.29 is 18.4 Å². The van der Waals surface area contributed by atoms with Gasteiger partial charge in [-0.15, -0.1) is 0 Å². The number of hydrazone groups is 1. The minimum absolute atomic E-state index is 0.410. The van der Waals surface area contributed by atoms with Crippen molar-refractivity contribution in [3.8, 4) is 0 Å². The lowest BCUT2D eigenvalue weighted by atomic mass is 10.2. The number of rotatable bonds is 3. The molecule has 0 bridgehead atoms. The fraction of sp³-hybridized carbons (Fsp3) is 0.0625. The summed E-state index contributed by atoms with van der Waals surface area (Å²) < 4.78 is 26.7. The Hall–Kier alpha value is -3.09. The number of benzene rings is 2. The standard InChI is InChI=1S/C16H13F2N3O2/c1-10-5-7-11(8-6-10)20-15(22)16(23)21-19-9-12-13(17)3-2-4-14(12)18/h2-9H,1H3,(H,20,22)(H,21,23)/b19-9-. The molecule has 0 unspecified atom stereocenters. The number of nitrogens with one attached hydrogen (secondary N) is 2. The van der Waals surface area contributed by atoms with E-state index in [-0.39, 0.29) is 0 Å². The summed E-state index contributed by atoms with van der Waals surface area (Å²) in [7, 11) is 0. The van der Waals surface area contributed by atoms with Gasteiger partial charge in [0.15, 0.2) is 0 Å². The van der Waals surface area contributed by atoms with Crippen molar-refractivity contribution in [3.63, 3.8) is 0 Å². The van der Waals surface area contributed by atoms with E-state index in [1.807, 2.05) is 12.3 Å². The van der Waals surface area contributed by atoms with Crippen LogP contribution in [-0.4, -0.2) is 18.0 Å². The number of carbonyl (C=O) groups excluding carboxylic acids is 2. The summed E-state index contributed by atoms with van der Waals surface area (Å²) >= 11 is 0. The van der Waals surface area contributed by atoms with Crippen molar-refractivity contribution in [2.75, 3.05) is 5.32 Å². The molecule has 2 amide bonds. The van der Waals surface area contributed by atoms with Gasteiger partial charge in [-0.1, -0.05) is 23.8 Å². The average Bonchev–Trinajstić information content (AvgIpc) is 2.52. The summed E-state index contributed by atoms with van der Waals surface area (Å²) in [6.07, 6.45) is 0.793. The molecule has 0 saturated carbocycles. The van der Waals surface area contributed by atoms with Crippen molar-refractivity contribution in [1.82, 2.24) is 5.43 Å². The van der Waals surface area contributed by atoms with Gasteiger partial charge in [0, 0.05) is 5.69 Å². The van der Waals surface area contributed by atoms with Gasteiger partial charge in [-0.3, -0.25) is 9.59 Å². The van der Waals surface area contributed by atoms with Crippen LogP contribution in [0, 0.1) is 18.6 Å². The Morgan fingerprint density at radius 3 is 2.22 bits per heavy atom. The molecule has 23 heavy (non-hydrogen) atoms. The van der Waals surface area contributed by atoms with Crippen molar-refractivity contribution in [1.29, 1.82) is 0 Å². The SMILES string of the molecule is Cc1ccc(NC(=O)C(=O)N/N=C\c2c(F)cccc2F)cc1. The Morgan fingerprint density at radius 1 is 1.00 bits per heavy atom. The molecule has 2 aromatic carbocycles. The molecule has 0 atom stereocenters. The Balaban J connectivity index is 1.95. The summed E-state index contributed by atoms with van der Waals surface area (Å²) in [4.78, 5) is 23.2. The third-order valence-corrected chi connectivity index (χ3v) is 2.88. The second-order valence-electron chi connectivity index (χ2n) is 4.65. The van der Waals surface area contributed by atoms with Crippen molar-refractivity contribution in [2.45, 2.75) is 6.92 Å². The first-order valence-electron chi connectivity index (χ1n) is 6.62. The van der Waals surface area contributed by atoms with Crippen LogP contribution >= 0.6 is 0 Å². The van der Waals surface area contributed by atoms with Crippen LogP contribution in [-0.2, 0) is 9.59 Å². The number of hydrogen-bond donors (Lipinski definition) is 2. The summed E-state index contributed by atoms with van der Waals surface area (Å²) in [5.74, 6) is -3.65. The zero-order valence-corrected chi connectivity index (χ0v) is 12.1. The first-order valence-corrected chi connectivity index (χ1v) is 6.62. The van der Waals surface area contributed by atoms with Gasteiger partial charge in [0.05, 0.1) is 11.8 Å². The topological polar surface area (TPSA) is 70.6 Å². The lowest BCUT2D eigenvalue weighted by Crippen LogP contribution is -2.32. The predicted octanol–water partition coefficient (Wildman–Crippen LogP) is 2.36. The summed E-state index contributed by atoms with van der Waals surface area (Å²) in [5, 5.41) is 5.74. The van der Waals surface area contributed by atoms with Gasteiger partial charge in [-0.05, 0) is 31.2 Å². The van der Waals surface area contributed by atoms with E-state index in [0.717, 1.165) is 23.9 Å². The second-order valence-corrected chi connectivity index (χ2v) is 4.65. The smallest absolute Gasteiger partial charge is 0.318 e. The van der Waals surface area contributed by atoms with Crippen LogP contribution in [0.5, 0.6) is 0 Å². The van der Waals surface area contributed by atoms with Gasteiger partial charge in [-0.25, -0.2) is 14.2 Å². The third kappa shape index (κ3) is 4.44. The molecule has 0 fully saturated rings. The van der Waals surface area contributed by atoms with Gasteiger partial charge < -0.3 is 5.32 Å². The van der Waals surface area contributed by atoms with Crippen molar-refractivity contribution in [2.24, 2.45) is 5.10 Å². The molecular formula is C16H13F2N3O2. The number of amides is 2. The number of halogens is 2. The number of hydrogen-bond acceptors (Lipinski definition) is 3. The molecular weight excluding hydrogens is 304 g/mol. The lowest BCUT2D eigenvalue weighted by molar-refractivity contribution is -0.136. The van der Waals surface area contributed by atoms with E-state index in [1.165, 1.54) is 6.07 Å². The van der Waals surface area contributed by atoms with Crippen LogP contribution in [0.15, 0.2) is 47.6 Å². The van der Waals surface area contributed by atoms with E-state index in [0.29, 0.717) is 5.69 Å². The number of nitrogens with zero attached hydrogens (tertiary/aromatic N) is 1. The fourth-order valence-electron chi connectivity index (χ4n) is 1.67. The maximum Gasteiger partial charge on any atom is 0.329 e. The van der Waals surface area contributed by atoms with E-state index in [4.69, 9.17) is 0 Å². The lowest BCUT2D eigenvalue weighted by Gasteiger charge is -2.04. The quantitative estimate of drug-likeness (QED) is 0.518. The maximum absolute atomic E-state index is 13.3. The molecule has 2 N–H and O–H groups in total. The molecule has 0 spiro atoms. The third-order valence-electron chi connectivity index (χ3n) is 2.88. The Bertz CT molecular complexity index is 738. The molecule has 0 aliphatic heterocycles. The molecule has 7 heteroatoms. The van der Waals surface area contributed by atoms with Gasteiger partial charge in [0.2, 0.25) is 0 Å². The highest BCUT2D eigenvalue weighted by Crippen LogP contribution is 2.09. The molecule has 0 saturated heterocycles. The molecule has 0 aliphatic carbocycles. The highest BCUT2D eigenvalue weighted by atomic mass is 19.1. The highest BCUT2D eigenvalue weighted by Gasteiger charge is 2.13. The normalized spacial score (nSPS) is 10.6. The maximum atomic E-state index is 13.3. The van der Waals surface area contributed by atoms with Crippen LogP contribution in [0.4, 0.5) is 14.5 Å². The number of aryl methyl sites for hydroxylation is 1. The second kappa shape index (κ2) is 7.26. The van der Waals surface area contributed by atoms with Gasteiger partial charge >= 0.3 is 11.8 Å². The van der Waals surface area contributed by atoms with Gasteiger partial charge in [-0.2, -0.15) is 5.10 Å². The first kappa shape index (κ1) is 16.3. The predicted molar refractivity (Wildman–Crippen MR) is 81.9 cm³/mol. The van der Waals surface area contributed by atoms with E-state index in [9.17, 15) is 18.4 Å². The summed E-state index contributed by atoms with van der Waals surface area (Å²) in [6.45, 7) is 1.88. The first-order chi connectivity index (χ1) is 11.0. The summed E-state index contributed by atoms with van der Waals surface area (Å²) in [5.41, 5.74) is 2.94. The zero-order chi connectivity index (χ0) is 16.8. The molecule has 118 valence electrons. The minimum Gasteiger partial charge on any atom is -0.318 e. The molecule has 2 rings (SSSR count). The number of anilines is 1. The molecule has 0 aromatic heterocycles. The van der Waals surface area contributed by atoms with Crippen LogP contribution < -0.4 is 10.7 Å². The van der Waals surface area contributed by atoms with Crippen LogP contribution in [0.1, 0.15) is 11.1 Å². The van der Waals surface area contributed by atoms with Crippen LogP contribution in [0.2, 0.25) is 0 Å². The monoisotopic (exact) mass is 317 g/mol. The van der Waals surface area contributed by atoms with E-state index >= 15 is 0 Å². The molecule has 5 nitrogen and oxygen atoms in total. The van der Waals surface area contributed by atoms with Gasteiger partial charge in [0.1, 0.15) is 11.6 Å². The Labute approximate surface area is 131 Å². The van der Waals surface area contributed by atoms with E-state index in [1.54, 1.807) is 24.3 Å². The fourth-order valence-corrected chi connectivity index (χ4v) is 1.67. The molecule has 0 aliphatic rings. The van der Waals surface area contributed by atoms with Crippen LogP contribution in [0.3, 0.4) is 0 Å². The van der Waals surface area contributed by atoms with E-state index in [2.05, 4.69) is 10.4 Å². The van der Waals surface area contributed by atoms with E-state index < -0.39 is 29.0 Å². The average molecular weight is 317 g/mol. The van der Waals surface area contributed by atoms with Crippen molar-refractivity contribution in [3.05, 3.63) is 65.2 Å². The Morgan fingerprint density at radius 2 is 1.61 bits per heavy atom. The van der Waals surface area contributed by atoms with Gasteiger partial charge in [0.25, 0.3) is 0 Å². The van der Waals surface area contributed by atoms with Crippen LogP contribution in [0.25, 0.3) is 0 Å². The number of carbonyl (C=O) groups is 2. The Kier molecular flexibility index (Phi) is 5.14. The zero-order valence-electron chi connectivity index (χ0n) is 12.1. The molecule has 0 heterocycles. The highest BCUT2D eigenvalue weighted by molar-refractivity contribution is 6.39. The molecule has 0 radical (unpaired) electrons. The molecule has 2 aromatic rings. The largest absolute Gasteiger partial charge is 0.329 e. The van der Waals surface area contributed by atoms with Crippen molar-refractivity contribution >= 4 is 23.7 Å². The minimum atomic E-state index is -1.06.